The number of hydrogen-bond acceptors (Lipinski definition) is 5. The van der Waals surface area contributed by atoms with Crippen LogP contribution in [0.15, 0.2) is 17.5 Å². The van der Waals surface area contributed by atoms with E-state index >= 15 is 0 Å². The number of nitrogens with one attached hydrogen (secondary N) is 1. The molecule has 0 saturated carbocycles. The number of fused-ring (bicyclic) bond motifs is 1. The summed E-state index contributed by atoms with van der Waals surface area (Å²) in [5.41, 5.74) is 1.62. The lowest BCUT2D eigenvalue weighted by Crippen LogP contribution is -2.17. The van der Waals surface area contributed by atoms with Gasteiger partial charge in [0.2, 0.25) is 5.91 Å². The first-order valence-corrected chi connectivity index (χ1v) is 9.33. The fraction of sp³-hybridized carbons (Fsp3) is 0.412. The molecule has 122 valence electrons. The molecule has 3 rings (SSSR count). The topological polar surface area (TPSA) is 55.4 Å². The van der Waals surface area contributed by atoms with Gasteiger partial charge < -0.3 is 10.1 Å². The van der Waals surface area contributed by atoms with Gasteiger partial charge in [0.25, 0.3) is 0 Å². The molecule has 0 fully saturated rings. The van der Waals surface area contributed by atoms with Crippen molar-refractivity contribution in [3.05, 3.63) is 38.4 Å². The largest absolute Gasteiger partial charge is 0.465 e. The summed E-state index contributed by atoms with van der Waals surface area (Å²) in [4.78, 5) is 26.7. The number of carbonyl (C=O) groups excluding carboxylic acids is 2. The van der Waals surface area contributed by atoms with Gasteiger partial charge in [-0.3, -0.25) is 4.79 Å². The average Bonchev–Trinajstić information content (AvgIpc) is 3.13. The monoisotopic (exact) mass is 349 g/mol. The van der Waals surface area contributed by atoms with Crippen LogP contribution in [0.4, 0.5) is 5.00 Å². The van der Waals surface area contributed by atoms with E-state index in [0.717, 1.165) is 29.7 Å². The van der Waals surface area contributed by atoms with E-state index in [9.17, 15) is 9.59 Å². The van der Waals surface area contributed by atoms with Crippen LogP contribution in [0.25, 0.3) is 0 Å². The van der Waals surface area contributed by atoms with Gasteiger partial charge in [-0.05, 0) is 42.2 Å². The van der Waals surface area contributed by atoms with E-state index in [1.54, 1.807) is 11.3 Å². The van der Waals surface area contributed by atoms with E-state index in [4.69, 9.17) is 4.74 Å². The van der Waals surface area contributed by atoms with Gasteiger partial charge in [-0.1, -0.05) is 13.0 Å². The third-order valence-electron chi connectivity index (χ3n) is 4.07. The molecule has 1 aliphatic carbocycles. The molecule has 1 aliphatic rings. The molecule has 0 spiro atoms. The molecule has 2 aromatic rings. The number of carbonyl (C=O) groups is 2. The van der Waals surface area contributed by atoms with Crippen LogP contribution >= 0.6 is 22.7 Å². The first kappa shape index (κ1) is 16.2. The fourth-order valence-electron chi connectivity index (χ4n) is 2.90. The highest BCUT2D eigenvalue weighted by molar-refractivity contribution is 7.17. The smallest absolute Gasteiger partial charge is 0.341 e. The van der Waals surface area contributed by atoms with E-state index in [1.807, 2.05) is 17.5 Å². The number of anilines is 1. The summed E-state index contributed by atoms with van der Waals surface area (Å²) in [6, 6.07) is 3.87. The van der Waals surface area contributed by atoms with E-state index in [-0.39, 0.29) is 11.9 Å². The number of esters is 1. The van der Waals surface area contributed by atoms with Gasteiger partial charge in [0.15, 0.2) is 0 Å². The Morgan fingerprint density at radius 2 is 2.26 bits per heavy atom. The van der Waals surface area contributed by atoms with E-state index in [0.29, 0.717) is 22.9 Å². The zero-order chi connectivity index (χ0) is 16.4. The van der Waals surface area contributed by atoms with Crippen molar-refractivity contribution in [1.29, 1.82) is 0 Å². The quantitative estimate of drug-likeness (QED) is 0.852. The molecule has 0 aromatic carbocycles. The zero-order valence-electron chi connectivity index (χ0n) is 13.2. The summed E-state index contributed by atoms with van der Waals surface area (Å²) in [5, 5.41) is 5.51. The minimum atomic E-state index is -0.358. The highest BCUT2D eigenvalue weighted by Gasteiger charge is 2.28. The van der Waals surface area contributed by atoms with Crippen LogP contribution < -0.4 is 5.32 Å². The molecule has 0 saturated heterocycles. The lowest BCUT2D eigenvalue weighted by atomic mass is 9.88. The van der Waals surface area contributed by atoms with Gasteiger partial charge in [0, 0.05) is 9.75 Å². The van der Waals surface area contributed by atoms with Crippen LogP contribution in [0.3, 0.4) is 0 Å². The van der Waals surface area contributed by atoms with Crippen LogP contribution in [0.2, 0.25) is 0 Å². The number of rotatable bonds is 4. The Hall–Kier alpha value is -1.66. The summed E-state index contributed by atoms with van der Waals surface area (Å²) >= 11 is 3.08. The van der Waals surface area contributed by atoms with Crippen molar-refractivity contribution >= 4 is 39.6 Å². The average molecular weight is 349 g/mol. The lowest BCUT2D eigenvalue weighted by Gasteiger charge is -2.18. The highest BCUT2D eigenvalue weighted by atomic mass is 32.1. The molecule has 2 aromatic heterocycles. The minimum Gasteiger partial charge on any atom is -0.465 e. The Labute approximate surface area is 143 Å². The van der Waals surface area contributed by atoms with Gasteiger partial charge in [0.05, 0.1) is 19.1 Å². The Morgan fingerprint density at radius 3 is 2.96 bits per heavy atom. The van der Waals surface area contributed by atoms with Crippen molar-refractivity contribution in [3.8, 4) is 0 Å². The normalized spacial score (nSPS) is 16.7. The number of amides is 1. The lowest BCUT2D eigenvalue weighted by molar-refractivity contribution is -0.115. The first-order valence-electron chi connectivity index (χ1n) is 7.63. The highest BCUT2D eigenvalue weighted by Crippen LogP contribution is 2.40. The molecule has 6 heteroatoms. The molecule has 0 unspecified atom stereocenters. The number of ether oxygens (including phenoxy) is 1. The van der Waals surface area contributed by atoms with Crippen LogP contribution in [0.1, 0.15) is 39.0 Å². The molecule has 1 amide bonds. The number of thiophene rings is 2. The molecule has 4 nitrogen and oxygen atoms in total. The van der Waals surface area contributed by atoms with Crippen molar-refractivity contribution < 1.29 is 14.3 Å². The fourth-order valence-corrected chi connectivity index (χ4v) is 5.02. The van der Waals surface area contributed by atoms with E-state index in [2.05, 4.69) is 12.2 Å². The Kier molecular flexibility index (Phi) is 4.82. The molecule has 0 aliphatic heterocycles. The number of hydrogen-bond donors (Lipinski definition) is 1. The summed E-state index contributed by atoms with van der Waals surface area (Å²) < 4.78 is 4.93. The van der Waals surface area contributed by atoms with Crippen LogP contribution in [-0.4, -0.2) is 19.0 Å². The van der Waals surface area contributed by atoms with Crippen molar-refractivity contribution in [1.82, 2.24) is 0 Å². The van der Waals surface area contributed by atoms with Crippen LogP contribution in [-0.2, 0) is 28.8 Å². The molecular weight excluding hydrogens is 330 g/mol. The summed E-state index contributed by atoms with van der Waals surface area (Å²) in [7, 11) is 1.38. The predicted octanol–water partition coefficient (Wildman–Crippen LogP) is 3.90. The molecule has 0 bridgehead atoms. The SMILES string of the molecule is COC(=O)c1c(NC(=O)Cc2cccs2)sc2c1CC[C@H](C)C2. The summed E-state index contributed by atoms with van der Waals surface area (Å²) in [5.74, 6) is 0.161. The summed E-state index contributed by atoms with van der Waals surface area (Å²) in [6.07, 6.45) is 3.23. The van der Waals surface area contributed by atoms with Gasteiger partial charge in [0.1, 0.15) is 5.00 Å². The minimum absolute atomic E-state index is 0.0933. The Bertz CT molecular complexity index is 719. The Morgan fingerprint density at radius 1 is 1.43 bits per heavy atom. The van der Waals surface area contributed by atoms with Crippen molar-refractivity contribution in [2.45, 2.75) is 32.6 Å². The molecule has 23 heavy (non-hydrogen) atoms. The van der Waals surface area contributed by atoms with Crippen molar-refractivity contribution in [3.63, 3.8) is 0 Å². The number of methoxy groups -OCH3 is 1. The summed E-state index contributed by atoms with van der Waals surface area (Å²) in [6.45, 7) is 2.22. The van der Waals surface area contributed by atoms with Gasteiger partial charge >= 0.3 is 5.97 Å². The van der Waals surface area contributed by atoms with E-state index in [1.165, 1.54) is 23.3 Å². The standard InChI is InChI=1S/C17H19NO3S2/c1-10-5-6-12-13(8-10)23-16(15(12)17(20)21-2)18-14(19)9-11-4-3-7-22-11/h3-4,7,10H,5-6,8-9H2,1-2H3,(H,18,19)/t10-/m0/s1. The molecule has 1 N–H and O–H groups in total. The second-order valence-electron chi connectivity index (χ2n) is 5.85. The predicted molar refractivity (Wildman–Crippen MR) is 93.5 cm³/mol. The molecule has 0 radical (unpaired) electrons. The molecule has 1 atom stereocenters. The van der Waals surface area contributed by atoms with Crippen LogP contribution in [0.5, 0.6) is 0 Å². The van der Waals surface area contributed by atoms with Gasteiger partial charge in [-0.2, -0.15) is 0 Å². The first-order chi connectivity index (χ1) is 11.1. The van der Waals surface area contributed by atoms with Gasteiger partial charge in [-0.25, -0.2) is 4.79 Å². The second kappa shape index (κ2) is 6.84. The van der Waals surface area contributed by atoms with Crippen molar-refractivity contribution in [2.24, 2.45) is 5.92 Å². The second-order valence-corrected chi connectivity index (χ2v) is 7.99. The third kappa shape index (κ3) is 3.48. The molecule has 2 heterocycles. The van der Waals surface area contributed by atoms with Crippen LogP contribution in [0, 0.1) is 5.92 Å². The maximum absolute atomic E-state index is 12.3. The molecular formula is C17H19NO3S2. The third-order valence-corrected chi connectivity index (χ3v) is 6.12. The zero-order valence-corrected chi connectivity index (χ0v) is 14.8. The van der Waals surface area contributed by atoms with Crippen molar-refractivity contribution in [2.75, 3.05) is 12.4 Å². The maximum atomic E-state index is 12.3. The Balaban J connectivity index is 1.85. The maximum Gasteiger partial charge on any atom is 0.341 e. The van der Waals surface area contributed by atoms with E-state index < -0.39 is 0 Å². The van der Waals surface area contributed by atoms with Gasteiger partial charge in [-0.15, -0.1) is 22.7 Å².